The third-order valence-electron chi connectivity index (χ3n) is 11.2. The van der Waals surface area contributed by atoms with E-state index >= 15 is 0 Å². The number of ether oxygens (including phenoxy) is 2. The van der Waals surface area contributed by atoms with Crippen molar-refractivity contribution >= 4 is 11.7 Å². The number of fused-ring (bicyclic) bond motifs is 1. The number of esters is 1. The number of rotatable bonds is 16. The summed E-state index contributed by atoms with van der Waals surface area (Å²) in [6.07, 6.45) is 12.9. The van der Waals surface area contributed by atoms with E-state index in [9.17, 15) is 4.79 Å². The van der Waals surface area contributed by atoms with Gasteiger partial charge in [-0.2, -0.15) is 0 Å². The molecule has 5 heteroatoms. The molecule has 3 aromatic rings. The number of carbonyl (C=O) groups is 1. The minimum absolute atomic E-state index is 0.183. The summed E-state index contributed by atoms with van der Waals surface area (Å²) in [6.45, 7) is 17.4. The van der Waals surface area contributed by atoms with Crippen molar-refractivity contribution in [1.29, 1.82) is 0 Å². The molecule has 0 aliphatic carbocycles. The number of carbonyl (C=O) groups excluding carboxylic acids is 1. The second-order valence-electron chi connectivity index (χ2n) is 16.1. The van der Waals surface area contributed by atoms with E-state index < -0.39 is 0 Å². The number of hydrogen-bond acceptors (Lipinski definition) is 5. The Bertz CT molecular complexity index is 1600. The summed E-state index contributed by atoms with van der Waals surface area (Å²) < 4.78 is 13.1. The molecule has 0 spiro atoms. The van der Waals surface area contributed by atoms with Gasteiger partial charge in [-0.15, -0.1) is 0 Å². The van der Waals surface area contributed by atoms with Crippen molar-refractivity contribution in [2.45, 2.75) is 144 Å². The zero-order valence-electron chi connectivity index (χ0n) is 32.0. The Hall–Kier alpha value is -3.60. The van der Waals surface area contributed by atoms with Crippen molar-refractivity contribution in [2.24, 2.45) is 22.9 Å². The third kappa shape index (κ3) is 9.19. The normalized spacial score (nSPS) is 21.2. The molecule has 0 bridgehead atoms. The van der Waals surface area contributed by atoms with Gasteiger partial charge in [-0.3, -0.25) is 4.79 Å². The number of nitrogens with zero attached hydrogens (tertiary/aromatic N) is 1. The quantitative estimate of drug-likeness (QED) is 0.112. The Balaban J connectivity index is 1.34. The zero-order valence-corrected chi connectivity index (χ0v) is 32.0. The van der Waals surface area contributed by atoms with Gasteiger partial charge in [0.25, 0.3) is 0 Å². The lowest BCUT2D eigenvalue weighted by atomic mass is 9.78. The minimum Gasteiger partial charge on any atom is -0.487 e. The first-order valence-electron chi connectivity index (χ1n) is 19.3. The highest BCUT2D eigenvalue weighted by Crippen LogP contribution is 2.50. The van der Waals surface area contributed by atoms with E-state index in [0.29, 0.717) is 5.75 Å². The van der Waals surface area contributed by atoms with E-state index in [1.165, 1.54) is 51.9 Å². The maximum Gasteiger partial charge on any atom is 0.308 e. The largest absolute Gasteiger partial charge is 0.487 e. The molecule has 0 fully saturated rings. The molecule has 2 heterocycles. The molecular weight excluding hydrogens is 618 g/mol. The first kappa shape index (κ1) is 37.7. The molecule has 5 nitrogen and oxygen atoms in total. The highest BCUT2D eigenvalue weighted by atomic mass is 16.6. The summed E-state index contributed by atoms with van der Waals surface area (Å²) in [4.78, 5) is 18.8. The SMILES string of the molecule is CC(=O)Oc1c(C)c(C)c2c(c1C1=NO[C@H](c3ccccc3)[C@H]1c1ccccc1)CCC(C)(CCCC(C)CCCC(C)CCCC(C)C)O2. The molecule has 0 saturated heterocycles. The smallest absolute Gasteiger partial charge is 0.308 e. The van der Waals surface area contributed by atoms with Crippen LogP contribution in [0.2, 0.25) is 0 Å². The molecule has 2 aliphatic heterocycles. The number of oxime groups is 1. The van der Waals surface area contributed by atoms with Crippen LogP contribution in [-0.4, -0.2) is 17.3 Å². The number of benzene rings is 3. The Morgan fingerprint density at radius 1 is 0.840 bits per heavy atom. The summed E-state index contributed by atoms with van der Waals surface area (Å²) in [5.74, 6) is 3.34. The second kappa shape index (κ2) is 17.1. The fourth-order valence-corrected chi connectivity index (χ4v) is 8.05. The van der Waals surface area contributed by atoms with Gasteiger partial charge in [0.05, 0.1) is 11.5 Å². The van der Waals surface area contributed by atoms with Crippen molar-refractivity contribution in [1.82, 2.24) is 0 Å². The Kier molecular flexibility index (Phi) is 12.9. The maximum atomic E-state index is 12.6. The first-order valence-corrected chi connectivity index (χ1v) is 19.3. The van der Waals surface area contributed by atoms with Crippen LogP contribution >= 0.6 is 0 Å². The minimum atomic E-state index is -0.347. The molecule has 0 amide bonds. The van der Waals surface area contributed by atoms with Gasteiger partial charge in [-0.05, 0) is 86.5 Å². The maximum absolute atomic E-state index is 12.6. The molecule has 3 aromatic carbocycles. The predicted molar refractivity (Wildman–Crippen MR) is 205 cm³/mol. The van der Waals surface area contributed by atoms with Crippen molar-refractivity contribution in [3.8, 4) is 11.5 Å². The van der Waals surface area contributed by atoms with Gasteiger partial charge in [0.1, 0.15) is 22.8 Å². The summed E-state index contributed by atoms with van der Waals surface area (Å²) >= 11 is 0. The topological polar surface area (TPSA) is 57.1 Å². The van der Waals surface area contributed by atoms with E-state index in [2.05, 4.69) is 77.9 Å². The van der Waals surface area contributed by atoms with Gasteiger partial charge < -0.3 is 14.3 Å². The van der Waals surface area contributed by atoms with E-state index in [4.69, 9.17) is 19.5 Å². The monoisotopic (exact) mass is 679 g/mol. The van der Waals surface area contributed by atoms with Crippen molar-refractivity contribution in [2.75, 3.05) is 0 Å². The highest BCUT2D eigenvalue weighted by Gasteiger charge is 2.43. The molecule has 270 valence electrons. The summed E-state index contributed by atoms with van der Waals surface area (Å²) in [5, 5.41) is 4.80. The molecular formula is C45H61NO4. The molecule has 50 heavy (non-hydrogen) atoms. The summed E-state index contributed by atoms with van der Waals surface area (Å²) in [6, 6.07) is 20.7. The summed E-state index contributed by atoms with van der Waals surface area (Å²) in [5.41, 5.74) is 6.54. The molecule has 5 atom stereocenters. The van der Waals surface area contributed by atoms with Gasteiger partial charge in [0.15, 0.2) is 6.10 Å². The third-order valence-corrected chi connectivity index (χ3v) is 11.2. The lowest BCUT2D eigenvalue weighted by molar-refractivity contribution is -0.131. The van der Waals surface area contributed by atoms with Gasteiger partial charge in [0.2, 0.25) is 0 Å². The zero-order chi connectivity index (χ0) is 35.8. The Morgan fingerprint density at radius 3 is 2.02 bits per heavy atom. The van der Waals surface area contributed by atoms with Crippen LogP contribution < -0.4 is 9.47 Å². The van der Waals surface area contributed by atoms with Gasteiger partial charge in [-0.1, -0.05) is 138 Å². The van der Waals surface area contributed by atoms with Crippen LogP contribution in [0.5, 0.6) is 11.5 Å². The number of hydrogen-bond donors (Lipinski definition) is 0. The molecule has 5 rings (SSSR count). The van der Waals surface area contributed by atoms with E-state index in [-0.39, 0.29) is 23.6 Å². The molecule has 3 unspecified atom stereocenters. The first-order chi connectivity index (χ1) is 24.0. The second-order valence-corrected chi connectivity index (χ2v) is 16.1. The Labute approximate surface area is 302 Å². The van der Waals surface area contributed by atoms with Crippen molar-refractivity contribution in [3.63, 3.8) is 0 Å². The fourth-order valence-electron chi connectivity index (χ4n) is 8.05. The molecule has 0 radical (unpaired) electrons. The van der Waals surface area contributed by atoms with E-state index in [1.54, 1.807) is 0 Å². The van der Waals surface area contributed by atoms with Gasteiger partial charge in [-0.25, -0.2) is 0 Å². The van der Waals surface area contributed by atoms with Crippen LogP contribution in [0, 0.1) is 31.6 Å². The van der Waals surface area contributed by atoms with Crippen molar-refractivity contribution < 1.29 is 19.1 Å². The molecule has 0 saturated carbocycles. The van der Waals surface area contributed by atoms with Crippen LogP contribution in [0.4, 0.5) is 0 Å². The van der Waals surface area contributed by atoms with Crippen LogP contribution in [0.3, 0.4) is 0 Å². The molecule has 0 aromatic heterocycles. The lowest BCUT2D eigenvalue weighted by Crippen LogP contribution is -2.37. The van der Waals surface area contributed by atoms with Crippen molar-refractivity contribution in [3.05, 3.63) is 94.0 Å². The van der Waals surface area contributed by atoms with Crippen LogP contribution in [0.1, 0.15) is 151 Å². The lowest BCUT2D eigenvalue weighted by Gasteiger charge is -2.39. The standard InChI is InChI=1S/C45H61NO4/c1-30(2)18-15-19-31(3)20-16-21-32(4)22-17-28-45(8)29-27-38-40(43(48-35(7)47)34(6)33(5)42(38)49-45)41-39(36-23-11-9-12-24-36)44(50-46-41)37-25-13-10-14-26-37/h9-14,23-26,30-32,39,44H,15-22,27-29H2,1-8H3/t31?,32?,39-,44+,45?/m0/s1. The average molecular weight is 680 g/mol. The summed E-state index contributed by atoms with van der Waals surface area (Å²) in [7, 11) is 0. The van der Waals surface area contributed by atoms with E-state index in [0.717, 1.165) is 88.3 Å². The van der Waals surface area contributed by atoms with E-state index in [1.807, 2.05) is 31.2 Å². The Morgan fingerprint density at radius 2 is 1.42 bits per heavy atom. The fraction of sp³-hybridized carbons (Fsp3) is 0.556. The van der Waals surface area contributed by atoms with Gasteiger partial charge in [0, 0.05) is 12.5 Å². The average Bonchev–Trinajstić information content (AvgIpc) is 3.53. The van der Waals surface area contributed by atoms with Gasteiger partial charge >= 0.3 is 5.97 Å². The van der Waals surface area contributed by atoms with Crippen LogP contribution in [-0.2, 0) is 16.1 Å². The molecule has 0 N–H and O–H groups in total. The van der Waals surface area contributed by atoms with Crippen LogP contribution in [0.25, 0.3) is 0 Å². The van der Waals surface area contributed by atoms with Crippen LogP contribution in [0.15, 0.2) is 65.8 Å². The highest BCUT2D eigenvalue weighted by molar-refractivity contribution is 6.10. The molecule has 2 aliphatic rings. The predicted octanol–water partition coefficient (Wildman–Crippen LogP) is 12.0.